The number of nitrogens with zero attached hydrogens (tertiary/aromatic N) is 2. The van der Waals surface area contributed by atoms with E-state index in [9.17, 15) is 8.78 Å². The second-order valence-corrected chi connectivity index (χ2v) is 9.08. The third kappa shape index (κ3) is 5.72. The first kappa shape index (κ1) is 24.3. The number of hydrazone groups is 1. The van der Waals surface area contributed by atoms with Crippen molar-refractivity contribution in [2.45, 2.75) is 13.5 Å². The number of rotatable bonds is 7. The second kappa shape index (κ2) is 10.5. The predicted molar refractivity (Wildman–Crippen MR) is 129 cm³/mol. The predicted octanol–water partition coefficient (Wildman–Crippen LogP) is 7.22. The number of thiophene rings is 1. The lowest BCUT2D eigenvalue weighted by Gasteiger charge is -2.15. The zero-order valence-electron chi connectivity index (χ0n) is 17.0. The van der Waals surface area contributed by atoms with Gasteiger partial charge >= 0.3 is 6.01 Å². The van der Waals surface area contributed by atoms with E-state index in [2.05, 4.69) is 5.10 Å². The van der Waals surface area contributed by atoms with Crippen molar-refractivity contribution >= 4 is 52.0 Å². The van der Waals surface area contributed by atoms with Crippen LogP contribution in [0.3, 0.4) is 0 Å². The number of ether oxygens (including phenoxy) is 1. The van der Waals surface area contributed by atoms with Gasteiger partial charge in [-0.05, 0) is 53.3 Å². The molecule has 168 valence electrons. The van der Waals surface area contributed by atoms with Crippen LogP contribution in [0.4, 0.5) is 8.78 Å². The van der Waals surface area contributed by atoms with Crippen molar-refractivity contribution in [2.24, 2.45) is 10.8 Å². The fourth-order valence-electron chi connectivity index (χ4n) is 2.96. The normalized spacial score (nSPS) is 11.4. The summed E-state index contributed by atoms with van der Waals surface area (Å²) in [6, 6.07) is 10.2. The molecule has 0 bridgehead atoms. The molecule has 0 amide bonds. The molecule has 32 heavy (non-hydrogen) atoms. The minimum absolute atomic E-state index is 0.000970. The standard InChI is InChI=1S/C22H18Cl3F2N3OS/c1-12-15(13-6-8-14(9-7-13)31-21(27)20(24)25)11-32-18(12)10-30(2)29-22(28)19-16(23)4-3-5-17(19)26/h3-9,11H,10H2,1-2H3,(H2,28,29). The van der Waals surface area contributed by atoms with E-state index in [0.29, 0.717) is 6.54 Å². The third-order valence-corrected chi connectivity index (χ3v) is 6.22. The summed E-state index contributed by atoms with van der Waals surface area (Å²) in [5.74, 6) is -0.258. The topological polar surface area (TPSA) is 50.8 Å². The lowest BCUT2D eigenvalue weighted by Crippen LogP contribution is -2.22. The Kier molecular flexibility index (Phi) is 8.00. The summed E-state index contributed by atoms with van der Waals surface area (Å²) in [5.41, 5.74) is 9.07. The molecule has 10 heteroatoms. The summed E-state index contributed by atoms with van der Waals surface area (Å²) in [6.45, 7) is 2.46. The number of hydrogen-bond donors (Lipinski definition) is 1. The van der Waals surface area contributed by atoms with Crippen molar-refractivity contribution in [1.82, 2.24) is 5.01 Å². The highest BCUT2D eigenvalue weighted by Gasteiger charge is 2.14. The Labute approximate surface area is 203 Å². The fraction of sp³-hybridized carbons (Fsp3) is 0.136. The SMILES string of the molecule is Cc1c(-c2ccc(OC(F)=C(Cl)Cl)cc2)csc1CN(C)/N=C(\N)c1c(F)cccc1Cl. The number of benzene rings is 2. The Morgan fingerprint density at radius 1 is 1.19 bits per heavy atom. The maximum absolute atomic E-state index is 14.1. The summed E-state index contributed by atoms with van der Waals surface area (Å²) in [6.07, 6.45) is 0. The van der Waals surface area contributed by atoms with Crippen LogP contribution in [-0.2, 0) is 6.54 Å². The van der Waals surface area contributed by atoms with Crippen LogP contribution >= 0.6 is 46.1 Å². The molecule has 0 aliphatic carbocycles. The van der Waals surface area contributed by atoms with Crippen LogP contribution in [-0.4, -0.2) is 17.9 Å². The molecule has 1 aromatic heterocycles. The third-order valence-electron chi connectivity index (χ3n) is 4.53. The van der Waals surface area contributed by atoms with E-state index in [1.165, 1.54) is 12.1 Å². The monoisotopic (exact) mass is 515 g/mol. The molecule has 0 unspecified atom stereocenters. The molecular weight excluding hydrogens is 499 g/mol. The van der Waals surface area contributed by atoms with Gasteiger partial charge in [0.1, 0.15) is 11.6 Å². The van der Waals surface area contributed by atoms with Gasteiger partial charge in [0.2, 0.25) is 0 Å². The maximum atomic E-state index is 14.1. The first-order valence-corrected chi connectivity index (χ1v) is 11.2. The molecule has 0 atom stereocenters. The maximum Gasteiger partial charge on any atom is 0.308 e. The van der Waals surface area contributed by atoms with Crippen LogP contribution in [0.25, 0.3) is 11.1 Å². The highest BCUT2D eigenvalue weighted by atomic mass is 35.5. The van der Waals surface area contributed by atoms with Gasteiger partial charge in [-0.2, -0.15) is 9.49 Å². The van der Waals surface area contributed by atoms with Crippen LogP contribution in [0, 0.1) is 12.7 Å². The van der Waals surface area contributed by atoms with Crippen molar-refractivity contribution in [3.8, 4) is 16.9 Å². The fourth-order valence-corrected chi connectivity index (χ4v) is 4.42. The van der Waals surface area contributed by atoms with E-state index in [0.717, 1.165) is 21.6 Å². The average molecular weight is 517 g/mol. The molecule has 0 saturated heterocycles. The Morgan fingerprint density at radius 3 is 2.50 bits per heavy atom. The smallest absolute Gasteiger partial charge is 0.308 e. The summed E-state index contributed by atoms with van der Waals surface area (Å²) >= 11 is 18.3. The molecular formula is C22H18Cl3F2N3OS. The summed E-state index contributed by atoms with van der Waals surface area (Å²) < 4.78 is 31.8. The van der Waals surface area contributed by atoms with Crippen LogP contribution in [0.15, 0.2) is 63.5 Å². The van der Waals surface area contributed by atoms with E-state index in [-0.39, 0.29) is 22.2 Å². The number of nitrogens with two attached hydrogens (primary N) is 1. The summed E-state index contributed by atoms with van der Waals surface area (Å²) in [7, 11) is 1.75. The zero-order chi connectivity index (χ0) is 23.4. The van der Waals surface area contributed by atoms with E-state index in [4.69, 9.17) is 45.3 Å². The number of hydrogen-bond acceptors (Lipinski definition) is 4. The first-order valence-electron chi connectivity index (χ1n) is 9.23. The van der Waals surface area contributed by atoms with Gasteiger partial charge < -0.3 is 10.5 Å². The van der Waals surface area contributed by atoms with Crippen LogP contribution < -0.4 is 10.5 Å². The Balaban J connectivity index is 1.75. The lowest BCUT2D eigenvalue weighted by molar-refractivity contribution is 0.302. The first-order chi connectivity index (χ1) is 15.2. The van der Waals surface area contributed by atoms with Crippen LogP contribution in [0.1, 0.15) is 16.0 Å². The summed E-state index contributed by atoms with van der Waals surface area (Å²) in [5, 5.41) is 8.12. The molecule has 4 nitrogen and oxygen atoms in total. The van der Waals surface area contributed by atoms with E-state index >= 15 is 0 Å². The van der Waals surface area contributed by atoms with Gasteiger partial charge in [-0.1, -0.05) is 53.0 Å². The van der Waals surface area contributed by atoms with Crippen molar-refractivity contribution in [1.29, 1.82) is 0 Å². The molecule has 0 radical (unpaired) electrons. The van der Waals surface area contributed by atoms with Gasteiger partial charge in [0.25, 0.3) is 0 Å². The molecule has 0 aliphatic rings. The average Bonchev–Trinajstić information content (AvgIpc) is 3.08. The second-order valence-electron chi connectivity index (χ2n) is 6.76. The minimum atomic E-state index is -1.06. The number of halogens is 5. The van der Waals surface area contributed by atoms with Crippen LogP contribution in [0.5, 0.6) is 5.75 Å². The minimum Gasteiger partial charge on any atom is -0.430 e. The van der Waals surface area contributed by atoms with E-state index in [1.807, 2.05) is 24.4 Å². The van der Waals surface area contributed by atoms with Crippen molar-refractivity contribution < 1.29 is 13.5 Å². The van der Waals surface area contributed by atoms with Crippen molar-refractivity contribution in [2.75, 3.05) is 7.05 Å². The molecule has 2 aromatic carbocycles. The molecule has 0 fully saturated rings. The van der Waals surface area contributed by atoms with Gasteiger partial charge in [0, 0.05) is 11.9 Å². The Hall–Kier alpha value is -2.32. The summed E-state index contributed by atoms with van der Waals surface area (Å²) in [4.78, 5) is 1.06. The van der Waals surface area contributed by atoms with Gasteiger partial charge in [-0.15, -0.1) is 11.3 Å². The quantitative estimate of drug-likeness (QED) is 0.156. The molecule has 0 aliphatic heterocycles. The van der Waals surface area contributed by atoms with Crippen LogP contribution in [0.2, 0.25) is 5.02 Å². The molecule has 2 N–H and O–H groups in total. The molecule has 0 spiro atoms. The molecule has 1 heterocycles. The van der Waals surface area contributed by atoms with Gasteiger partial charge in [0.15, 0.2) is 10.3 Å². The van der Waals surface area contributed by atoms with E-state index in [1.54, 1.807) is 41.6 Å². The zero-order valence-corrected chi connectivity index (χ0v) is 20.1. The molecule has 3 aromatic rings. The highest BCUT2D eigenvalue weighted by molar-refractivity contribution is 7.10. The molecule has 3 rings (SSSR count). The molecule has 0 saturated carbocycles. The van der Waals surface area contributed by atoms with Gasteiger partial charge in [-0.25, -0.2) is 4.39 Å². The number of amidine groups is 1. The van der Waals surface area contributed by atoms with Crippen molar-refractivity contribution in [3.05, 3.63) is 85.2 Å². The van der Waals surface area contributed by atoms with E-state index < -0.39 is 16.3 Å². The van der Waals surface area contributed by atoms with Gasteiger partial charge in [0.05, 0.1) is 17.1 Å². The Bertz CT molecular complexity index is 1160. The van der Waals surface area contributed by atoms with Gasteiger partial charge in [-0.3, -0.25) is 5.01 Å². The lowest BCUT2D eigenvalue weighted by atomic mass is 10.0. The Morgan fingerprint density at radius 2 is 1.88 bits per heavy atom. The largest absolute Gasteiger partial charge is 0.430 e. The highest BCUT2D eigenvalue weighted by Crippen LogP contribution is 2.33. The van der Waals surface area contributed by atoms with Crippen molar-refractivity contribution in [3.63, 3.8) is 0 Å².